The van der Waals surface area contributed by atoms with Gasteiger partial charge in [-0.1, -0.05) is 13.8 Å². The van der Waals surface area contributed by atoms with E-state index in [0.29, 0.717) is 0 Å². The van der Waals surface area contributed by atoms with Gasteiger partial charge in [0.2, 0.25) is 0 Å². The van der Waals surface area contributed by atoms with Gasteiger partial charge in [0.15, 0.2) is 0 Å². The molecule has 7 heteroatoms. The first-order chi connectivity index (χ1) is 5.83. The van der Waals surface area contributed by atoms with Crippen LogP contribution in [0.25, 0.3) is 0 Å². The maximum atomic E-state index is 8.65. The molecule has 84 valence electrons. The van der Waals surface area contributed by atoms with Crippen molar-refractivity contribution in [1.29, 1.82) is 0 Å². The third-order valence-electron chi connectivity index (χ3n) is 0.707. The quantitative estimate of drug-likeness (QED) is 0.527. The van der Waals surface area contributed by atoms with Gasteiger partial charge in [-0.3, -0.25) is 0 Å². The van der Waals surface area contributed by atoms with Crippen molar-refractivity contribution >= 4 is 0 Å². The van der Waals surface area contributed by atoms with E-state index in [0.717, 1.165) is 13.1 Å². The van der Waals surface area contributed by atoms with Crippen molar-refractivity contribution in [3.8, 4) is 0 Å². The van der Waals surface area contributed by atoms with Gasteiger partial charge >= 0.3 is 31.1 Å². The predicted octanol–water partition coefficient (Wildman–Crippen LogP) is -3.34. The normalized spacial score (nSPS) is 9.08. The molecule has 0 rings (SSSR count). The molecule has 0 spiro atoms. The van der Waals surface area contributed by atoms with Gasteiger partial charge in [-0.25, -0.2) is 0 Å². The van der Waals surface area contributed by atoms with Crippen LogP contribution in [0.3, 0.4) is 0 Å². The van der Waals surface area contributed by atoms with E-state index in [1.165, 1.54) is 12.8 Å². The first kappa shape index (κ1) is 18.8. The van der Waals surface area contributed by atoms with E-state index in [-0.39, 0.29) is 0 Å². The van der Waals surface area contributed by atoms with Gasteiger partial charge < -0.3 is 11.5 Å². The van der Waals surface area contributed by atoms with Crippen molar-refractivity contribution in [2.24, 2.45) is 0 Å². The van der Waals surface area contributed by atoms with Gasteiger partial charge in [-0.2, -0.15) is 0 Å². The first-order valence-corrected chi connectivity index (χ1v) is 8.87. The van der Waals surface area contributed by atoms with Crippen LogP contribution < -0.4 is 19.0 Å². The molecular weight excluding hydrogens is 348 g/mol. The fourth-order valence-electron chi connectivity index (χ4n) is 0. The van der Waals surface area contributed by atoms with E-state index in [2.05, 4.69) is 25.3 Å². The van der Waals surface area contributed by atoms with Crippen molar-refractivity contribution in [3.05, 3.63) is 0 Å². The summed E-state index contributed by atoms with van der Waals surface area (Å²) in [5.74, 6) is 0. The molecule has 0 saturated carbocycles. The summed E-state index contributed by atoms with van der Waals surface area (Å²) in [6, 6.07) is 0. The van der Waals surface area contributed by atoms with E-state index in [1.54, 1.807) is 0 Å². The summed E-state index contributed by atoms with van der Waals surface area (Å²) in [6.45, 7) is 6.38. The first-order valence-electron chi connectivity index (χ1n) is 4.08. The SMILES string of the molecule is CCC[NH3+].CCC[NH3+].[O]=[W](=[O])([O-])[O-]. The zero-order valence-corrected chi connectivity index (χ0v) is 11.2. The van der Waals surface area contributed by atoms with Crippen LogP contribution in [0.1, 0.15) is 26.7 Å². The second-order valence-corrected chi connectivity index (χ2v) is 5.05. The van der Waals surface area contributed by atoms with Gasteiger partial charge in [-0.15, -0.1) is 0 Å². The molecular formula is C6H20N2O4W. The summed E-state index contributed by atoms with van der Waals surface area (Å²) >= 11 is -6.17. The average Bonchev–Trinajstić information content (AvgIpc) is 2.01. The van der Waals surface area contributed by atoms with Crippen molar-refractivity contribution in [3.63, 3.8) is 0 Å². The average molecular weight is 368 g/mol. The third kappa shape index (κ3) is 275. The Labute approximate surface area is 82.7 Å². The second-order valence-electron chi connectivity index (χ2n) is 2.12. The summed E-state index contributed by atoms with van der Waals surface area (Å²) < 4.78 is 34.6. The van der Waals surface area contributed by atoms with Crippen LogP contribution in [0.15, 0.2) is 0 Å². The fraction of sp³-hybridized carbons (Fsp3) is 1.00. The minimum absolute atomic E-state index is 1.07. The molecule has 0 aromatic carbocycles. The van der Waals surface area contributed by atoms with Gasteiger partial charge in [0.05, 0.1) is 13.1 Å². The van der Waals surface area contributed by atoms with Crippen LogP contribution in [-0.2, 0) is 23.5 Å². The van der Waals surface area contributed by atoms with Crippen molar-refractivity contribution < 1.29 is 42.5 Å². The van der Waals surface area contributed by atoms with Crippen molar-refractivity contribution in [1.82, 2.24) is 0 Å². The van der Waals surface area contributed by atoms with Crippen molar-refractivity contribution in [2.45, 2.75) is 26.7 Å². The van der Waals surface area contributed by atoms with Gasteiger partial charge in [-0.05, 0) is 12.8 Å². The second kappa shape index (κ2) is 14.6. The van der Waals surface area contributed by atoms with Gasteiger partial charge in [0.25, 0.3) is 0 Å². The number of hydrogen-bond acceptors (Lipinski definition) is 4. The molecule has 0 aromatic rings. The summed E-state index contributed by atoms with van der Waals surface area (Å²) in [5, 5.41) is 0. The molecule has 0 atom stereocenters. The molecule has 0 bridgehead atoms. The Kier molecular flexibility index (Phi) is 21.2. The summed E-state index contributed by atoms with van der Waals surface area (Å²) in [4.78, 5) is 0. The molecule has 0 fully saturated rings. The summed E-state index contributed by atoms with van der Waals surface area (Å²) in [6.07, 6.45) is 2.42. The van der Waals surface area contributed by atoms with E-state index in [9.17, 15) is 0 Å². The topological polar surface area (TPSA) is 136 Å². The molecule has 0 heterocycles. The Balaban J connectivity index is -0.000000117. The molecule has 13 heavy (non-hydrogen) atoms. The Hall–Kier alpha value is 0.128. The van der Waals surface area contributed by atoms with Crippen LogP contribution in [0.5, 0.6) is 0 Å². The van der Waals surface area contributed by atoms with Gasteiger partial charge in [0, 0.05) is 0 Å². The van der Waals surface area contributed by atoms with Crippen LogP contribution in [0, 0.1) is 0 Å². The Morgan fingerprint density at radius 3 is 1.08 bits per heavy atom. The Bertz CT molecular complexity index is 142. The Morgan fingerprint density at radius 2 is 1.08 bits per heavy atom. The summed E-state index contributed by atoms with van der Waals surface area (Å²) in [5.41, 5.74) is 7.21. The Morgan fingerprint density at radius 1 is 1.00 bits per heavy atom. The summed E-state index contributed by atoms with van der Waals surface area (Å²) in [7, 11) is 0. The van der Waals surface area contributed by atoms with E-state index >= 15 is 0 Å². The molecule has 0 unspecified atom stereocenters. The third-order valence-corrected chi connectivity index (χ3v) is 0.707. The van der Waals surface area contributed by atoms with E-state index in [1.807, 2.05) is 0 Å². The number of quaternary nitrogens is 2. The molecule has 6 N–H and O–H groups in total. The maximum absolute atomic E-state index is 8.65. The zero-order chi connectivity index (χ0) is 11.3. The fourth-order valence-corrected chi connectivity index (χ4v) is 0. The number of hydrogen-bond donors (Lipinski definition) is 2. The monoisotopic (exact) mass is 368 g/mol. The molecule has 0 aliphatic carbocycles. The number of rotatable bonds is 2. The molecule has 0 aliphatic heterocycles. The van der Waals surface area contributed by atoms with E-state index < -0.39 is 16.7 Å². The molecule has 6 nitrogen and oxygen atoms in total. The van der Waals surface area contributed by atoms with Crippen LogP contribution in [0.4, 0.5) is 0 Å². The molecule has 0 saturated heterocycles. The van der Waals surface area contributed by atoms with E-state index in [4.69, 9.17) is 14.3 Å². The predicted molar refractivity (Wildman–Crippen MR) is 37.5 cm³/mol. The van der Waals surface area contributed by atoms with Crippen LogP contribution in [0.2, 0.25) is 0 Å². The van der Waals surface area contributed by atoms with Crippen LogP contribution in [-0.4, -0.2) is 13.1 Å². The molecule has 0 aromatic heterocycles. The minimum atomic E-state index is -6.17. The van der Waals surface area contributed by atoms with Crippen LogP contribution >= 0.6 is 0 Å². The molecule has 0 amide bonds. The van der Waals surface area contributed by atoms with Crippen molar-refractivity contribution in [2.75, 3.05) is 13.1 Å². The molecule has 0 aliphatic rings. The van der Waals surface area contributed by atoms with Gasteiger partial charge in [0.1, 0.15) is 0 Å². The molecule has 0 radical (unpaired) electrons. The zero-order valence-electron chi connectivity index (χ0n) is 8.28. The standard InChI is InChI=1S/2C3H9N.4O.W/c2*1-2-3-4;;;;;/h2*2-4H2,1H3;;;;;/q;;;;2*-1;/p+2.